The average molecular weight is 517 g/mol. The Bertz CT molecular complexity index is 885. The molecule has 8 heteroatoms. The molecule has 3 amide bonds. The maximum Gasteiger partial charge on any atom is 0.245 e. The molecular formula is C29H48N4O4. The van der Waals surface area contributed by atoms with Crippen molar-refractivity contribution in [3.63, 3.8) is 0 Å². The number of amides is 3. The van der Waals surface area contributed by atoms with Crippen molar-refractivity contribution in [2.75, 3.05) is 14.1 Å². The first kappa shape index (κ1) is 32.3. The van der Waals surface area contributed by atoms with Crippen LogP contribution in [0.25, 0.3) is 0 Å². The minimum absolute atomic E-state index is 0.104. The van der Waals surface area contributed by atoms with Gasteiger partial charge < -0.3 is 20.9 Å². The second kappa shape index (κ2) is 15.5. The molecule has 0 aromatic heterocycles. The molecule has 0 spiro atoms. The summed E-state index contributed by atoms with van der Waals surface area (Å²) in [6, 6.07) is 6.73. The number of benzene rings is 1. The third kappa shape index (κ3) is 10.6. The molecule has 208 valence electrons. The van der Waals surface area contributed by atoms with Gasteiger partial charge in [-0.3, -0.25) is 19.2 Å². The normalized spacial score (nSPS) is 14.7. The van der Waals surface area contributed by atoms with Crippen molar-refractivity contribution < 1.29 is 19.2 Å². The number of hydrogen-bond acceptors (Lipinski definition) is 5. The van der Waals surface area contributed by atoms with Crippen molar-refractivity contribution in [1.29, 1.82) is 0 Å². The first-order valence-corrected chi connectivity index (χ1v) is 13.4. The smallest absolute Gasteiger partial charge is 0.245 e. The predicted octanol–water partition coefficient (Wildman–Crippen LogP) is 2.95. The lowest BCUT2D eigenvalue weighted by Crippen LogP contribution is -2.59. The molecule has 3 N–H and O–H groups in total. The van der Waals surface area contributed by atoms with Gasteiger partial charge in [-0.25, -0.2) is 0 Å². The second-order valence-electron chi connectivity index (χ2n) is 11.2. The first-order chi connectivity index (χ1) is 17.3. The average Bonchev–Trinajstić information content (AvgIpc) is 2.83. The number of likely N-dealkylation sites (N-methyl/N-ethyl adjacent to an activating group) is 2. The van der Waals surface area contributed by atoms with Crippen LogP contribution in [0, 0.1) is 17.8 Å². The predicted molar refractivity (Wildman–Crippen MR) is 148 cm³/mol. The minimum Gasteiger partial charge on any atom is -0.345 e. The molecule has 0 bridgehead atoms. The van der Waals surface area contributed by atoms with Crippen molar-refractivity contribution in [3.05, 3.63) is 35.9 Å². The topological polar surface area (TPSA) is 108 Å². The van der Waals surface area contributed by atoms with Crippen LogP contribution < -0.4 is 16.0 Å². The van der Waals surface area contributed by atoms with E-state index < -0.39 is 24.2 Å². The molecule has 0 unspecified atom stereocenters. The maximum atomic E-state index is 13.6. The zero-order valence-corrected chi connectivity index (χ0v) is 24.1. The first-order valence-electron chi connectivity index (χ1n) is 13.4. The van der Waals surface area contributed by atoms with Gasteiger partial charge in [0.25, 0.3) is 0 Å². The molecule has 37 heavy (non-hydrogen) atoms. The highest BCUT2D eigenvalue weighted by atomic mass is 16.2. The Balaban J connectivity index is 3.01. The van der Waals surface area contributed by atoms with Crippen molar-refractivity contribution in [1.82, 2.24) is 20.9 Å². The third-order valence-electron chi connectivity index (χ3n) is 6.48. The van der Waals surface area contributed by atoms with Gasteiger partial charge in [-0.1, -0.05) is 71.9 Å². The van der Waals surface area contributed by atoms with Crippen LogP contribution in [0.1, 0.15) is 66.9 Å². The quantitative estimate of drug-likeness (QED) is 0.332. The van der Waals surface area contributed by atoms with Crippen LogP contribution in [-0.2, 0) is 25.6 Å². The number of hydrogen-bond donors (Lipinski definition) is 3. The van der Waals surface area contributed by atoms with Crippen molar-refractivity contribution in [2.24, 2.45) is 17.8 Å². The Kier molecular flexibility index (Phi) is 13.5. The lowest BCUT2D eigenvalue weighted by Gasteiger charge is -2.34. The van der Waals surface area contributed by atoms with Gasteiger partial charge in [-0.05, 0) is 50.1 Å². The molecule has 0 heterocycles. The van der Waals surface area contributed by atoms with Crippen LogP contribution in [-0.4, -0.2) is 66.7 Å². The summed E-state index contributed by atoms with van der Waals surface area (Å²) in [5.41, 5.74) is 0.882. The summed E-state index contributed by atoms with van der Waals surface area (Å²) in [6.45, 7) is 13.4. The van der Waals surface area contributed by atoms with Crippen LogP contribution in [0.5, 0.6) is 0 Å². The lowest BCUT2D eigenvalue weighted by atomic mass is 9.97. The number of Topliss-reactive ketones (excluding diaryl/α,β-unsaturated/α-hetero) is 1. The lowest BCUT2D eigenvalue weighted by molar-refractivity contribution is -0.144. The number of ketones is 1. The van der Waals surface area contributed by atoms with E-state index in [1.807, 2.05) is 71.9 Å². The standard InChI is InChI=1S/C29H48N4O4/c1-18(2)15-23(30-8)27(35)32-26(20(5)6)29(37)33(9)24(16-19(3)4)28(36)31-21(7)25(34)17-22-13-11-10-12-14-22/h10-14,18-21,23-24,26,30H,15-17H2,1-9H3,(H,31,36)(H,32,35)/t21-,23-,24-,26-/m0/s1. The minimum atomic E-state index is -0.778. The van der Waals surface area contributed by atoms with E-state index in [9.17, 15) is 19.2 Å². The highest BCUT2D eigenvalue weighted by Gasteiger charge is 2.35. The van der Waals surface area contributed by atoms with Crippen molar-refractivity contribution in [3.8, 4) is 0 Å². The Labute approximate surface area is 223 Å². The molecule has 0 fully saturated rings. The molecule has 1 aromatic carbocycles. The Morgan fingerprint density at radius 1 is 0.811 bits per heavy atom. The van der Waals surface area contributed by atoms with Crippen molar-refractivity contribution >= 4 is 23.5 Å². The summed E-state index contributed by atoms with van der Waals surface area (Å²) in [5, 5.41) is 8.76. The Morgan fingerprint density at radius 2 is 1.38 bits per heavy atom. The molecule has 8 nitrogen and oxygen atoms in total. The summed E-state index contributed by atoms with van der Waals surface area (Å²) in [7, 11) is 3.32. The fourth-order valence-corrected chi connectivity index (χ4v) is 4.20. The van der Waals surface area contributed by atoms with Gasteiger partial charge in [0.05, 0.1) is 12.1 Å². The number of carbonyl (C=O) groups excluding carboxylic acids is 4. The molecule has 1 aromatic rings. The monoisotopic (exact) mass is 516 g/mol. The molecular weight excluding hydrogens is 468 g/mol. The van der Waals surface area contributed by atoms with Gasteiger partial charge in [0.1, 0.15) is 12.1 Å². The maximum absolute atomic E-state index is 13.6. The van der Waals surface area contributed by atoms with E-state index in [1.54, 1.807) is 21.0 Å². The number of nitrogens with one attached hydrogen (secondary N) is 3. The van der Waals surface area contributed by atoms with Crippen molar-refractivity contribution in [2.45, 2.75) is 91.9 Å². The third-order valence-corrected chi connectivity index (χ3v) is 6.48. The van der Waals surface area contributed by atoms with Crippen LogP contribution in [0.4, 0.5) is 0 Å². The summed E-state index contributed by atoms with van der Waals surface area (Å²) in [4.78, 5) is 54.0. The SMILES string of the molecule is CN[C@@H](CC(C)C)C(=O)N[C@H](C(=O)N(C)[C@@H](CC(C)C)C(=O)N[C@@H](C)C(=O)Cc1ccccc1)C(C)C. The van der Waals surface area contributed by atoms with Crippen LogP contribution in [0.2, 0.25) is 0 Å². The molecule has 0 aliphatic rings. The van der Waals surface area contributed by atoms with Crippen LogP contribution in [0.15, 0.2) is 30.3 Å². The van der Waals surface area contributed by atoms with Gasteiger partial charge in [0, 0.05) is 13.5 Å². The summed E-state index contributed by atoms with van der Waals surface area (Å²) in [6.07, 6.45) is 1.29. The Morgan fingerprint density at radius 3 is 1.86 bits per heavy atom. The summed E-state index contributed by atoms with van der Waals surface area (Å²) < 4.78 is 0. The largest absolute Gasteiger partial charge is 0.345 e. The van der Waals surface area contributed by atoms with Gasteiger partial charge in [-0.15, -0.1) is 0 Å². The zero-order chi connectivity index (χ0) is 28.3. The zero-order valence-electron chi connectivity index (χ0n) is 24.1. The number of rotatable bonds is 15. The Hall–Kier alpha value is -2.74. The van der Waals surface area contributed by atoms with Crippen LogP contribution >= 0.6 is 0 Å². The molecule has 0 radical (unpaired) electrons. The fraction of sp³-hybridized carbons (Fsp3) is 0.655. The molecule has 0 saturated heterocycles. The molecule has 0 saturated carbocycles. The molecule has 0 aliphatic heterocycles. The van der Waals surface area contributed by atoms with E-state index in [1.165, 1.54) is 4.90 Å². The second-order valence-corrected chi connectivity index (χ2v) is 11.2. The van der Waals surface area contributed by atoms with E-state index in [0.29, 0.717) is 18.8 Å². The molecule has 4 atom stereocenters. The van der Waals surface area contributed by atoms with E-state index in [4.69, 9.17) is 0 Å². The molecule has 1 rings (SSSR count). The van der Waals surface area contributed by atoms with E-state index in [0.717, 1.165) is 5.56 Å². The van der Waals surface area contributed by atoms with Gasteiger partial charge in [0.2, 0.25) is 17.7 Å². The highest BCUT2D eigenvalue weighted by molar-refractivity contribution is 5.95. The summed E-state index contributed by atoms with van der Waals surface area (Å²) in [5.74, 6) is -0.774. The van der Waals surface area contributed by atoms with E-state index in [-0.39, 0.29) is 41.8 Å². The van der Waals surface area contributed by atoms with Gasteiger partial charge in [-0.2, -0.15) is 0 Å². The van der Waals surface area contributed by atoms with Gasteiger partial charge in [0.15, 0.2) is 5.78 Å². The summed E-state index contributed by atoms with van der Waals surface area (Å²) >= 11 is 0. The van der Waals surface area contributed by atoms with Crippen LogP contribution in [0.3, 0.4) is 0 Å². The molecule has 0 aliphatic carbocycles. The number of nitrogens with zero attached hydrogens (tertiary/aromatic N) is 1. The number of carbonyl (C=O) groups is 4. The van der Waals surface area contributed by atoms with Gasteiger partial charge >= 0.3 is 0 Å². The van der Waals surface area contributed by atoms with E-state index >= 15 is 0 Å². The highest BCUT2D eigenvalue weighted by Crippen LogP contribution is 2.16. The fourth-order valence-electron chi connectivity index (χ4n) is 4.20. The van der Waals surface area contributed by atoms with E-state index in [2.05, 4.69) is 16.0 Å².